The van der Waals surface area contributed by atoms with Crippen molar-refractivity contribution < 1.29 is 17.4 Å². The molecule has 33 heavy (non-hydrogen) atoms. The maximum Gasteiger partial charge on any atom is 0.339 e. The van der Waals surface area contributed by atoms with E-state index in [1.54, 1.807) is 41.5 Å². The van der Waals surface area contributed by atoms with E-state index in [4.69, 9.17) is 4.18 Å². The number of fused-ring (bicyclic) bond motifs is 1. The zero-order valence-corrected chi connectivity index (χ0v) is 18.8. The van der Waals surface area contributed by atoms with E-state index in [0.717, 1.165) is 5.69 Å². The Balaban J connectivity index is 1.44. The highest BCUT2D eigenvalue weighted by atomic mass is 32.2. The summed E-state index contributed by atoms with van der Waals surface area (Å²) in [5.41, 5.74) is 1.84. The fraction of sp³-hybridized carbons (Fsp3) is 0.190. The van der Waals surface area contributed by atoms with Gasteiger partial charge in [-0.05, 0) is 50.5 Å². The fourth-order valence-electron chi connectivity index (χ4n) is 3.02. The quantitative estimate of drug-likeness (QED) is 0.337. The van der Waals surface area contributed by atoms with Gasteiger partial charge < -0.3 is 24.0 Å². The van der Waals surface area contributed by atoms with Crippen LogP contribution in [0.5, 0.6) is 5.75 Å². The second kappa shape index (κ2) is 9.30. The normalized spacial score (nSPS) is 11.6. The number of benzene rings is 2. The highest BCUT2D eigenvalue weighted by Gasteiger charge is 2.18. The standard InChI is InChI=1S/C21H23N7O4S/c1-27(2)11-10-23-21(29)26-20-24-18-8-5-16(13-19(18)25-20)32-33(30,31)17-6-3-15(4-7-17)28-12-9-22-14-28/h3-9,12-14H,10-11H2,1-2H3,(H3,23,24,25,26,29). The predicted octanol–water partition coefficient (Wildman–Crippen LogP) is 2.20. The highest BCUT2D eigenvalue weighted by molar-refractivity contribution is 7.87. The van der Waals surface area contributed by atoms with Crippen molar-refractivity contribution in [3.63, 3.8) is 0 Å². The van der Waals surface area contributed by atoms with Crippen LogP contribution in [0.25, 0.3) is 16.7 Å². The molecule has 3 N–H and O–H groups in total. The first-order valence-electron chi connectivity index (χ1n) is 10.0. The van der Waals surface area contributed by atoms with Gasteiger partial charge in [-0.1, -0.05) is 0 Å². The zero-order valence-electron chi connectivity index (χ0n) is 18.0. The third-order valence-corrected chi connectivity index (χ3v) is 5.93. The molecule has 2 amide bonds. The molecule has 2 aromatic carbocycles. The lowest BCUT2D eigenvalue weighted by Crippen LogP contribution is -2.34. The van der Waals surface area contributed by atoms with Crippen molar-refractivity contribution >= 4 is 33.1 Å². The lowest BCUT2D eigenvalue weighted by Gasteiger charge is -2.10. The molecule has 12 heteroatoms. The molecule has 0 unspecified atom stereocenters. The zero-order chi connectivity index (χ0) is 23.4. The van der Waals surface area contributed by atoms with Gasteiger partial charge in [-0.25, -0.2) is 14.8 Å². The van der Waals surface area contributed by atoms with Crippen molar-refractivity contribution in [1.29, 1.82) is 0 Å². The molecule has 0 radical (unpaired) electrons. The maximum absolute atomic E-state index is 12.7. The van der Waals surface area contributed by atoms with Gasteiger partial charge in [0.15, 0.2) is 0 Å². The molecule has 0 spiro atoms. The molecule has 0 aliphatic rings. The fourth-order valence-corrected chi connectivity index (χ4v) is 3.94. The molecule has 11 nitrogen and oxygen atoms in total. The molecule has 0 atom stereocenters. The molecule has 0 saturated heterocycles. The number of rotatable bonds is 8. The summed E-state index contributed by atoms with van der Waals surface area (Å²) in [5, 5.41) is 5.33. The number of aromatic amines is 1. The number of carbonyl (C=O) groups is 1. The molecule has 0 fully saturated rings. The van der Waals surface area contributed by atoms with Crippen LogP contribution in [0, 0.1) is 0 Å². The lowest BCUT2D eigenvalue weighted by molar-refractivity contribution is 0.250. The molecule has 2 aromatic heterocycles. The van der Waals surface area contributed by atoms with Gasteiger partial charge in [0.2, 0.25) is 5.95 Å². The van der Waals surface area contributed by atoms with E-state index in [0.29, 0.717) is 24.1 Å². The molecule has 4 rings (SSSR count). The predicted molar refractivity (Wildman–Crippen MR) is 123 cm³/mol. The van der Waals surface area contributed by atoms with E-state index in [1.165, 1.54) is 24.3 Å². The summed E-state index contributed by atoms with van der Waals surface area (Å²) in [6.07, 6.45) is 5.02. The Morgan fingerprint density at radius 3 is 2.67 bits per heavy atom. The number of nitrogens with zero attached hydrogens (tertiary/aromatic N) is 4. The Hall–Kier alpha value is -3.90. The van der Waals surface area contributed by atoms with Crippen LogP contribution in [0.4, 0.5) is 10.7 Å². The second-order valence-electron chi connectivity index (χ2n) is 7.45. The Labute approximate surface area is 190 Å². The first kappa shape index (κ1) is 22.3. The van der Waals surface area contributed by atoms with Crippen LogP contribution in [0.15, 0.2) is 66.1 Å². The van der Waals surface area contributed by atoms with Gasteiger partial charge in [-0.3, -0.25) is 5.32 Å². The topological polar surface area (TPSA) is 134 Å². The number of hydrogen-bond donors (Lipinski definition) is 3. The third-order valence-electron chi connectivity index (χ3n) is 4.66. The van der Waals surface area contributed by atoms with E-state index < -0.39 is 16.1 Å². The van der Waals surface area contributed by atoms with Crippen LogP contribution in [0.3, 0.4) is 0 Å². The van der Waals surface area contributed by atoms with Crippen LogP contribution in [-0.2, 0) is 10.1 Å². The molecular formula is C21H23N7O4S. The van der Waals surface area contributed by atoms with E-state index in [2.05, 4.69) is 25.6 Å². The van der Waals surface area contributed by atoms with Crippen LogP contribution >= 0.6 is 0 Å². The van der Waals surface area contributed by atoms with E-state index in [9.17, 15) is 13.2 Å². The minimum Gasteiger partial charge on any atom is -0.379 e. The van der Waals surface area contributed by atoms with E-state index in [1.807, 2.05) is 19.0 Å². The number of H-pyrrole nitrogens is 1. The van der Waals surface area contributed by atoms with Gasteiger partial charge in [0, 0.05) is 37.2 Å². The lowest BCUT2D eigenvalue weighted by atomic mass is 10.3. The Morgan fingerprint density at radius 1 is 1.18 bits per heavy atom. The first-order chi connectivity index (χ1) is 15.8. The van der Waals surface area contributed by atoms with Crippen LogP contribution in [0.2, 0.25) is 0 Å². The molecule has 0 aliphatic heterocycles. The molecule has 2 heterocycles. The number of hydrogen-bond acceptors (Lipinski definition) is 7. The number of aromatic nitrogens is 4. The number of likely N-dealkylation sites (N-methyl/N-ethyl adjacent to an activating group) is 1. The van der Waals surface area contributed by atoms with Crippen LogP contribution < -0.4 is 14.8 Å². The van der Waals surface area contributed by atoms with Crippen molar-refractivity contribution in [2.24, 2.45) is 0 Å². The largest absolute Gasteiger partial charge is 0.379 e. The number of amides is 2. The van der Waals surface area contributed by atoms with Gasteiger partial charge in [-0.2, -0.15) is 8.42 Å². The molecule has 172 valence electrons. The van der Waals surface area contributed by atoms with Gasteiger partial charge in [0.1, 0.15) is 10.6 Å². The smallest absolute Gasteiger partial charge is 0.339 e. The Kier molecular flexibility index (Phi) is 6.29. The van der Waals surface area contributed by atoms with Gasteiger partial charge in [0.05, 0.1) is 17.4 Å². The number of urea groups is 1. The number of carbonyl (C=O) groups excluding carboxylic acids is 1. The first-order valence-corrected chi connectivity index (χ1v) is 11.4. The van der Waals surface area contributed by atoms with Gasteiger partial charge in [0.25, 0.3) is 0 Å². The summed E-state index contributed by atoms with van der Waals surface area (Å²) in [6, 6.07) is 10.5. The van der Waals surface area contributed by atoms with Crippen molar-refractivity contribution in [2.75, 3.05) is 32.5 Å². The average molecular weight is 470 g/mol. The van der Waals surface area contributed by atoms with Gasteiger partial charge >= 0.3 is 16.1 Å². The van der Waals surface area contributed by atoms with Crippen molar-refractivity contribution in [2.45, 2.75) is 4.90 Å². The monoisotopic (exact) mass is 469 g/mol. The molecule has 0 bridgehead atoms. The van der Waals surface area contributed by atoms with E-state index in [-0.39, 0.29) is 16.6 Å². The van der Waals surface area contributed by atoms with Crippen molar-refractivity contribution in [1.82, 2.24) is 29.7 Å². The van der Waals surface area contributed by atoms with Crippen LogP contribution in [0.1, 0.15) is 0 Å². The summed E-state index contributed by atoms with van der Waals surface area (Å²) in [7, 11) is -0.216. The Bertz CT molecular complexity index is 1350. The summed E-state index contributed by atoms with van der Waals surface area (Å²) >= 11 is 0. The van der Waals surface area contributed by atoms with E-state index >= 15 is 0 Å². The average Bonchev–Trinajstić information content (AvgIpc) is 3.43. The minimum absolute atomic E-state index is 0.0211. The minimum atomic E-state index is -4.04. The van der Waals surface area contributed by atoms with Crippen LogP contribution in [-0.4, -0.2) is 66.1 Å². The molecule has 0 saturated carbocycles. The SMILES string of the molecule is CN(C)CCNC(=O)Nc1nc2ccc(OS(=O)(=O)c3ccc(-n4ccnc4)cc3)cc2[nH]1. The molecule has 4 aromatic rings. The summed E-state index contributed by atoms with van der Waals surface area (Å²) < 4.78 is 32.5. The summed E-state index contributed by atoms with van der Waals surface area (Å²) in [5.74, 6) is 0.356. The highest BCUT2D eigenvalue weighted by Crippen LogP contribution is 2.24. The van der Waals surface area contributed by atoms with Crippen molar-refractivity contribution in [3.05, 3.63) is 61.2 Å². The third kappa shape index (κ3) is 5.48. The van der Waals surface area contributed by atoms with Gasteiger partial charge in [-0.15, -0.1) is 0 Å². The summed E-state index contributed by atoms with van der Waals surface area (Å²) in [6.45, 7) is 1.19. The maximum atomic E-state index is 12.7. The summed E-state index contributed by atoms with van der Waals surface area (Å²) in [4.78, 5) is 25.1. The molecular weight excluding hydrogens is 446 g/mol. The van der Waals surface area contributed by atoms with Crippen molar-refractivity contribution in [3.8, 4) is 11.4 Å². The number of imidazole rings is 2. The number of anilines is 1. The number of nitrogens with one attached hydrogen (secondary N) is 3. The molecule has 0 aliphatic carbocycles. The Morgan fingerprint density at radius 2 is 1.97 bits per heavy atom. The second-order valence-corrected chi connectivity index (χ2v) is 9.00.